The second-order valence-electron chi connectivity index (χ2n) is 5.11. The van der Waals surface area contributed by atoms with Crippen molar-refractivity contribution in [1.29, 1.82) is 0 Å². The minimum Gasteiger partial charge on any atom is -0.391 e. The van der Waals surface area contributed by atoms with E-state index in [1.807, 2.05) is 6.92 Å². The van der Waals surface area contributed by atoms with Crippen LogP contribution in [0, 0.1) is 6.92 Å². The molecule has 0 spiro atoms. The molecule has 4 nitrogen and oxygen atoms in total. The molecule has 0 saturated heterocycles. The fourth-order valence-electron chi connectivity index (χ4n) is 2.35. The van der Waals surface area contributed by atoms with Gasteiger partial charge in [0.25, 0.3) is 0 Å². The molecule has 0 bridgehead atoms. The minimum atomic E-state index is -3.65. The van der Waals surface area contributed by atoms with E-state index in [9.17, 15) is 13.5 Å². The van der Waals surface area contributed by atoms with E-state index >= 15 is 0 Å². The first-order valence-electron chi connectivity index (χ1n) is 6.47. The summed E-state index contributed by atoms with van der Waals surface area (Å²) in [5.74, 6) is 0. The molecule has 1 saturated carbocycles. The molecule has 20 heavy (non-hydrogen) atoms. The number of hydrogen-bond donors (Lipinski definition) is 2. The summed E-state index contributed by atoms with van der Waals surface area (Å²) >= 11 is 6.64. The Labute approximate surface area is 136 Å². The molecule has 1 aliphatic carbocycles. The van der Waals surface area contributed by atoms with E-state index in [4.69, 9.17) is 0 Å². The summed E-state index contributed by atoms with van der Waals surface area (Å²) in [4.78, 5) is 0.188. The molecule has 2 N–H and O–H groups in total. The molecule has 1 aromatic carbocycles. The third-order valence-corrected chi connectivity index (χ3v) is 6.84. The smallest absolute Gasteiger partial charge is 0.242 e. The first-order valence-corrected chi connectivity index (χ1v) is 9.54. The van der Waals surface area contributed by atoms with Crippen molar-refractivity contribution in [2.24, 2.45) is 0 Å². The summed E-state index contributed by atoms with van der Waals surface area (Å²) in [6.45, 7) is 1.89. The maximum absolute atomic E-state index is 12.5. The van der Waals surface area contributed by atoms with E-state index in [-0.39, 0.29) is 4.90 Å². The van der Waals surface area contributed by atoms with Gasteiger partial charge in [0, 0.05) is 15.0 Å². The monoisotopic (exact) mass is 425 g/mol. The highest BCUT2D eigenvalue weighted by molar-refractivity contribution is 9.11. The number of aliphatic hydroxyl groups excluding tert-OH is 1. The van der Waals surface area contributed by atoms with Crippen LogP contribution in [0.1, 0.15) is 31.2 Å². The zero-order chi connectivity index (χ0) is 14.9. The molecular formula is C13H17Br2NO3S. The number of aryl methyl sites for hydroxylation is 1. The summed E-state index contributed by atoms with van der Waals surface area (Å²) in [5.41, 5.74) is 0.952. The van der Waals surface area contributed by atoms with Gasteiger partial charge < -0.3 is 5.11 Å². The third kappa shape index (κ3) is 3.62. The molecule has 112 valence electrons. The Bertz CT molecular complexity index is 604. The molecule has 0 aromatic heterocycles. The van der Waals surface area contributed by atoms with E-state index in [0.29, 0.717) is 17.3 Å². The van der Waals surface area contributed by atoms with Crippen LogP contribution in [0.5, 0.6) is 0 Å². The molecule has 0 aliphatic heterocycles. The van der Waals surface area contributed by atoms with Crippen LogP contribution in [0.2, 0.25) is 0 Å². The van der Waals surface area contributed by atoms with Gasteiger partial charge in [0.15, 0.2) is 0 Å². The van der Waals surface area contributed by atoms with Crippen molar-refractivity contribution >= 4 is 41.9 Å². The van der Waals surface area contributed by atoms with Crippen LogP contribution in [0.4, 0.5) is 0 Å². The van der Waals surface area contributed by atoms with Crippen molar-refractivity contribution in [1.82, 2.24) is 4.72 Å². The van der Waals surface area contributed by atoms with Crippen LogP contribution in [0.15, 0.2) is 26.0 Å². The third-order valence-electron chi connectivity index (χ3n) is 3.54. The summed E-state index contributed by atoms with van der Waals surface area (Å²) < 4.78 is 28.8. The molecule has 2 atom stereocenters. The summed E-state index contributed by atoms with van der Waals surface area (Å²) in [7, 11) is -3.65. The highest BCUT2D eigenvalue weighted by Gasteiger charge is 2.29. The van der Waals surface area contributed by atoms with Crippen LogP contribution in [0.25, 0.3) is 0 Å². The van der Waals surface area contributed by atoms with Crippen LogP contribution in [-0.2, 0) is 10.0 Å². The van der Waals surface area contributed by atoms with Gasteiger partial charge in [-0.15, -0.1) is 0 Å². The topological polar surface area (TPSA) is 66.4 Å². The predicted molar refractivity (Wildman–Crippen MR) is 85.2 cm³/mol. The normalized spacial score (nSPS) is 23.8. The largest absolute Gasteiger partial charge is 0.391 e. The summed E-state index contributed by atoms with van der Waals surface area (Å²) in [6.07, 6.45) is 2.59. The second-order valence-corrected chi connectivity index (χ2v) is 8.50. The van der Waals surface area contributed by atoms with Crippen molar-refractivity contribution in [3.63, 3.8) is 0 Å². The van der Waals surface area contributed by atoms with Gasteiger partial charge in [-0.1, -0.05) is 28.8 Å². The lowest BCUT2D eigenvalue weighted by molar-refractivity contribution is 0.101. The molecule has 0 unspecified atom stereocenters. The predicted octanol–water partition coefficient (Wildman–Crippen LogP) is 3.10. The summed E-state index contributed by atoms with van der Waals surface area (Å²) in [5, 5.41) is 9.90. The van der Waals surface area contributed by atoms with Crippen molar-refractivity contribution < 1.29 is 13.5 Å². The first-order chi connectivity index (χ1) is 9.31. The van der Waals surface area contributed by atoms with E-state index < -0.39 is 22.2 Å². The Hall–Kier alpha value is 0.0500. The van der Waals surface area contributed by atoms with Gasteiger partial charge >= 0.3 is 0 Å². The maximum atomic E-state index is 12.5. The van der Waals surface area contributed by atoms with Gasteiger partial charge in [0.05, 0.1) is 11.0 Å². The fourth-order valence-corrected chi connectivity index (χ4v) is 5.33. The van der Waals surface area contributed by atoms with Gasteiger partial charge in [0.1, 0.15) is 0 Å². The average Bonchev–Trinajstić information content (AvgIpc) is 2.36. The van der Waals surface area contributed by atoms with Crippen molar-refractivity contribution in [3.8, 4) is 0 Å². The maximum Gasteiger partial charge on any atom is 0.242 e. The Morgan fingerprint density at radius 3 is 2.50 bits per heavy atom. The van der Waals surface area contributed by atoms with Crippen molar-refractivity contribution in [2.45, 2.75) is 49.6 Å². The zero-order valence-electron chi connectivity index (χ0n) is 11.1. The number of hydrogen-bond acceptors (Lipinski definition) is 3. The Morgan fingerprint density at radius 1 is 1.20 bits per heavy atom. The Kier molecular flexibility index (Phi) is 5.29. The second kappa shape index (κ2) is 6.44. The lowest BCUT2D eigenvalue weighted by Crippen LogP contribution is -2.45. The van der Waals surface area contributed by atoms with E-state index in [1.54, 1.807) is 12.1 Å². The Morgan fingerprint density at radius 2 is 1.85 bits per heavy atom. The molecule has 1 aromatic rings. The van der Waals surface area contributed by atoms with Crippen molar-refractivity contribution in [2.75, 3.05) is 0 Å². The number of sulfonamides is 1. The van der Waals surface area contributed by atoms with E-state index in [1.165, 1.54) is 0 Å². The standard InChI is InChI=1S/C13H17Br2NO3S/c1-8-6-10(15)13(7-9(8)14)20(18,19)16-11-4-2-3-5-12(11)17/h6-7,11-12,16-17H,2-5H2,1H3/t11-,12-/m1/s1. The number of aliphatic hydroxyl groups is 1. The molecule has 0 heterocycles. The lowest BCUT2D eigenvalue weighted by atomic mass is 9.93. The highest BCUT2D eigenvalue weighted by Crippen LogP contribution is 2.29. The van der Waals surface area contributed by atoms with Crippen LogP contribution >= 0.6 is 31.9 Å². The lowest BCUT2D eigenvalue weighted by Gasteiger charge is -2.28. The number of benzene rings is 1. The number of rotatable bonds is 3. The molecule has 7 heteroatoms. The van der Waals surface area contributed by atoms with Gasteiger partial charge in [-0.3, -0.25) is 0 Å². The molecule has 0 amide bonds. The van der Waals surface area contributed by atoms with Crippen molar-refractivity contribution in [3.05, 3.63) is 26.6 Å². The first kappa shape index (κ1) is 16.4. The number of halogens is 2. The molecular weight excluding hydrogens is 410 g/mol. The average molecular weight is 427 g/mol. The Balaban J connectivity index is 2.28. The van der Waals surface area contributed by atoms with Gasteiger partial charge in [-0.25, -0.2) is 13.1 Å². The quantitative estimate of drug-likeness (QED) is 0.780. The van der Waals surface area contributed by atoms with Crippen LogP contribution in [0.3, 0.4) is 0 Å². The van der Waals surface area contributed by atoms with Gasteiger partial charge in [-0.05, 0) is 53.4 Å². The molecule has 0 radical (unpaired) electrons. The zero-order valence-corrected chi connectivity index (χ0v) is 15.1. The molecule has 2 rings (SSSR count). The fraction of sp³-hybridized carbons (Fsp3) is 0.538. The van der Waals surface area contributed by atoms with E-state index in [0.717, 1.165) is 22.9 Å². The SMILES string of the molecule is Cc1cc(Br)c(S(=O)(=O)N[C@@H]2CCCC[C@H]2O)cc1Br. The molecule has 1 aliphatic rings. The van der Waals surface area contributed by atoms with Gasteiger partial charge in [-0.2, -0.15) is 0 Å². The van der Waals surface area contributed by atoms with Gasteiger partial charge in [0.2, 0.25) is 10.0 Å². The summed E-state index contributed by atoms with van der Waals surface area (Å²) in [6, 6.07) is 2.94. The highest BCUT2D eigenvalue weighted by atomic mass is 79.9. The minimum absolute atomic E-state index is 0.188. The van der Waals surface area contributed by atoms with Crippen LogP contribution in [-0.4, -0.2) is 25.7 Å². The number of nitrogens with one attached hydrogen (secondary N) is 1. The van der Waals surface area contributed by atoms with Crippen LogP contribution < -0.4 is 4.72 Å². The van der Waals surface area contributed by atoms with E-state index in [2.05, 4.69) is 36.6 Å². The molecule has 1 fully saturated rings.